The predicted octanol–water partition coefficient (Wildman–Crippen LogP) is 2.36. The number of hydrogen-bond acceptors (Lipinski definition) is 3. The molecule has 0 unspecified atom stereocenters. The van der Waals surface area contributed by atoms with Crippen molar-refractivity contribution in [3.63, 3.8) is 0 Å². The van der Waals surface area contributed by atoms with Gasteiger partial charge in [-0.05, 0) is 48.6 Å². The first-order valence-corrected chi connectivity index (χ1v) is 5.28. The van der Waals surface area contributed by atoms with Crippen molar-refractivity contribution in [3.05, 3.63) is 53.3 Å². The fourth-order valence-electron chi connectivity index (χ4n) is 1.36. The third-order valence-electron chi connectivity index (χ3n) is 2.14. The zero-order chi connectivity index (χ0) is 12.3. The maximum atomic E-state index is 10.2. The van der Waals surface area contributed by atoms with Crippen molar-refractivity contribution < 1.29 is 14.3 Å². The summed E-state index contributed by atoms with van der Waals surface area (Å²) in [7, 11) is 0. The topological polar surface area (TPSA) is 53.3 Å². The average molecular weight is 248 g/mol. The highest BCUT2D eigenvalue weighted by Crippen LogP contribution is 2.24. The first kappa shape index (κ1) is 11.5. The van der Waals surface area contributed by atoms with E-state index in [0.717, 1.165) is 11.6 Å². The Bertz CT molecular complexity index is 552. The Morgan fingerprint density at radius 1 is 1.18 bits per heavy atom. The van der Waals surface area contributed by atoms with Crippen LogP contribution in [0.5, 0.6) is 0 Å². The van der Waals surface area contributed by atoms with E-state index in [4.69, 9.17) is 16.0 Å². The maximum absolute atomic E-state index is 10.2. The number of carboxylic acids is 1. The van der Waals surface area contributed by atoms with Gasteiger partial charge in [0, 0.05) is 10.6 Å². The fourth-order valence-corrected chi connectivity index (χ4v) is 1.49. The van der Waals surface area contributed by atoms with Crippen molar-refractivity contribution in [2.45, 2.75) is 0 Å². The Labute approximate surface area is 103 Å². The number of aliphatic carboxylic acids is 1. The molecule has 17 heavy (non-hydrogen) atoms. The molecule has 0 saturated carbocycles. The highest BCUT2D eigenvalue weighted by Gasteiger charge is 2.02. The number of furan rings is 1. The van der Waals surface area contributed by atoms with Crippen molar-refractivity contribution in [2.24, 2.45) is 0 Å². The Morgan fingerprint density at radius 3 is 2.53 bits per heavy atom. The summed E-state index contributed by atoms with van der Waals surface area (Å²) in [5, 5.41) is 10.9. The highest BCUT2D eigenvalue weighted by molar-refractivity contribution is 6.30. The molecule has 0 aliphatic heterocycles. The van der Waals surface area contributed by atoms with Crippen LogP contribution in [0.4, 0.5) is 0 Å². The lowest BCUT2D eigenvalue weighted by atomic mass is 10.2. The van der Waals surface area contributed by atoms with E-state index in [1.165, 1.54) is 6.08 Å². The Morgan fingerprint density at radius 2 is 1.88 bits per heavy atom. The van der Waals surface area contributed by atoms with Crippen LogP contribution in [0, 0.1) is 0 Å². The smallest absolute Gasteiger partial charge is 0.134 e. The number of carbonyl (C=O) groups excluding carboxylic acids is 1. The second-order valence-corrected chi connectivity index (χ2v) is 3.80. The van der Waals surface area contributed by atoms with Gasteiger partial charge in [-0.15, -0.1) is 0 Å². The summed E-state index contributed by atoms with van der Waals surface area (Å²) in [4.78, 5) is 10.2. The minimum absolute atomic E-state index is 0.458. The second-order valence-electron chi connectivity index (χ2n) is 3.36. The van der Waals surface area contributed by atoms with E-state index in [9.17, 15) is 9.90 Å². The normalized spacial score (nSPS) is 10.9. The van der Waals surface area contributed by atoms with Gasteiger partial charge in [0.2, 0.25) is 0 Å². The number of carbonyl (C=O) groups is 1. The van der Waals surface area contributed by atoms with E-state index in [-0.39, 0.29) is 0 Å². The summed E-state index contributed by atoms with van der Waals surface area (Å²) >= 11 is 5.77. The molecule has 0 spiro atoms. The van der Waals surface area contributed by atoms with Crippen LogP contribution in [-0.4, -0.2) is 5.97 Å². The zero-order valence-corrected chi connectivity index (χ0v) is 9.48. The van der Waals surface area contributed by atoms with Gasteiger partial charge in [-0.25, -0.2) is 0 Å². The summed E-state index contributed by atoms with van der Waals surface area (Å²) in [5.41, 5.74) is 0.877. The standard InChI is InChI=1S/C13H9ClO3/c14-10-3-1-9(2-4-10)12-7-5-11(17-12)6-8-13(15)16/h1-8H,(H,15,16)/p-1/b8-6-. The predicted molar refractivity (Wildman–Crippen MR) is 63.2 cm³/mol. The van der Waals surface area contributed by atoms with E-state index in [1.54, 1.807) is 24.3 Å². The molecular formula is C13H8ClO3-. The maximum Gasteiger partial charge on any atom is 0.134 e. The minimum atomic E-state index is -1.26. The van der Waals surface area contributed by atoms with E-state index < -0.39 is 5.97 Å². The van der Waals surface area contributed by atoms with Crippen LogP contribution in [0.3, 0.4) is 0 Å². The third-order valence-corrected chi connectivity index (χ3v) is 2.39. The molecule has 2 aromatic rings. The van der Waals surface area contributed by atoms with Crippen molar-refractivity contribution in [3.8, 4) is 11.3 Å². The van der Waals surface area contributed by atoms with Crippen molar-refractivity contribution in [1.29, 1.82) is 0 Å². The molecule has 1 aromatic carbocycles. The molecule has 0 radical (unpaired) electrons. The average Bonchev–Trinajstić information content (AvgIpc) is 2.76. The van der Waals surface area contributed by atoms with Crippen molar-refractivity contribution >= 4 is 23.6 Å². The summed E-state index contributed by atoms with van der Waals surface area (Å²) in [6.07, 6.45) is 2.26. The number of rotatable bonds is 3. The summed E-state index contributed by atoms with van der Waals surface area (Å²) in [6.45, 7) is 0. The molecule has 0 aliphatic carbocycles. The van der Waals surface area contributed by atoms with Gasteiger partial charge in [0.05, 0.1) is 5.97 Å². The molecule has 0 amide bonds. The summed E-state index contributed by atoms with van der Waals surface area (Å²) < 4.78 is 5.44. The van der Waals surface area contributed by atoms with Crippen LogP contribution >= 0.6 is 11.6 Å². The molecule has 0 N–H and O–H groups in total. The molecule has 0 bridgehead atoms. The fraction of sp³-hybridized carbons (Fsp3) is 0. The molecule has 0 atom stereocenters. The Balaban J connectivity index is 2.23. The Hall–Kier alpha value is -2.00. The number of halogens is 1. The van der Waals surface area contributed by atoms with Crippen LogP contribution in [0.15, 0.2) is 46.9 Å². The lowest BCUT2D eigenvalue weighted by Gasteiger charge is -1.96. The monoisotopic (exact) mass is 247 g/mol. The number of carboxylic acid groups (broad SMARTS) is 1. The van der Waals surface area contributed by atoms with Gasteiger partial charge in [0.1, 0.15) is 11.5 Å². The lowest BCUT2D eigenvalue weighted by Crippen LogP contribution is -2.18. The molecule has 1 aromatic heterocycles. The minimum Gasteiger partial charge on any atom is -0.545 e. The van der Waals surface area contributed by atoms with Crippen molar-refractivity contribution in [2.75, 3.05) is 0 Å². The van der Waals surface area contributed by atoms with Gasteiger partial charge in [0.15, 0.2) is 0 Å². The van der Waals surface area contributed by atoms with E-state index in [1.807, 2.05) is 12.1 Å². The van der Waals surface area contributed by atoms with Crippen LogP contribution in [0.1, 0.15) is 5.76 Å². The Kier molecular flexibility index (Phi) is 3.30. The lowest BCUT2D eigenvalue weighted by molar-refractivity contribution is -0.297. The van der Waals surface area contributed by atoms with Gasteiger partial charge in [-0.2, -0.15) is 0 Å². The summed E-state index contributed by atoms with van der Waals surface area (Å²) in [6, 6.07) is 10.6. The molecule has 0 aliphatic rings. The van der Waals surface area contributed by atoms with Gasteiger partial charge in [-0.3, -0.25) is 0 Å². The zero-order valence-electron chi connectivity index (χ0n) is 8.72. The third kappa shape index (κ3) is 2.98. The molecular weight excluding hydrogens is 240 g/mol. The van der Waals surface area contributed by atoms with E-state index in [2.05, 4.69) is 0 Å². The number of hydrogen-bond donors (Lipinski definition) is 0. The molecule has 0 saturated heterocycles. The largest absolute Gasteiger partial charge is 0.545 e. The van der Waals surface area contributed by atoms with Crippen LogP contribution in [-0.2, 0) is 4.79 Å². The molecule has 0 fully saturated rings. The highest BCUT2D eigenvalue weighted by atomic mass is 35.5. The number of benzene rings is 1. The van der Waals surface area contributed by atoms with E-state index in [0.29, 0.717) is 16.5 Å². The van der Waals surface area contributed by atoms with Crippen LogP contribution in [0.25, 0.3) is 17.4 Å². The van der Waals surface area contributed by atoms with Gasteiger partial charge in [0.25, 0.3) is 0 Å². The van der Waals surface area contributed by atoms with Crippen LogP contribution in [0.2, 0.25) is 5.02 Å². The second kappa shape index (κ2) is 4.89. The van der Waals surface area contributed by atoms with E-state index >= 15 is 0 Å². The van der Waals surface area contributed by atoms with Gasteiger partial charge in [-0.1, -0.05) is 11.6 Å². The molecule has 3 nitrogen and oxygen atoms in total. The van der Waals surface area contributed by atoms with Gasteiger partial charge < -0.3 is 14.3 Å². The molecule has 86 valence electrons. The molecule has 2 rings (SSSR count). The molecule has 1 heterocycles. The molecule has 4 heteroatoms. The summed E-state index contributed by atoms with van der Waals surface area (Å²) in [5.74, 6) is -0.145. The quantitative estimate of drug-likeness (QED) is 0.783. The van der Waals surface area contributed by atoms with Crippen LogP contribution < -0.4 is 5.11 Å². The SMILES string of the molecule is O=C([O-])/C=C\c1ccc(-c2ccc(Cl)cc2)o1. The first-order chi connectivity index (χ1) is 8.15. The van der Waals surface area contributed by atoms with Gasteiger partial charge >= 0.3 is 0 Å². The van der Waals surface area contributed by atoms with Crippen molar-refractivity contribution in [1.82, 2.24) is 0 Å². The first-order valence-electron chi connectivity index (χ1n) is 4.90.